The Morgan fingerprint density at radius 3 is 2.67 bits per heavy atom. The minimum absolute atomic E-state index is 0.0602. The number of hydrogen-bond donors (Lipinski definition) is 1. The Labute approximate surface area is 160 Å². The van der Waals surface area contributed by atoms with Gasteiger partial charge in [-0.2, -0.15) is 0 Å². The van der Waals surface area contributed by atoms with Crippen molar-refractivity contribution < 1.29 is 9.53 Å². The molecule has 2 heterocycles. The number of anilines is 2. The predicted octanol–water partition coefficient (Wildman–Crippen LogP) is 4.23. The highest BCUT2D eigenvalue weighted by atomic mass is 16.6. The molecular weight excluding hydrogens is 338 g/mol. The lowest BCUT2D eigenvalue weighted by molar-refractivity contribution is 0.215. The molecule has 2 aliphatic rings. The summed E-state index contributed by atoms with van der Waals surface area (Å²) in [7, 11) is 4.32. The van der Waals surface area contributed by atoms with E-state index in [2.05, 4.69) is 49.1 Å². The second kappa shape index (κ2) is 6.57. The second-order valence-electron chi connectivity index (χ2n) is 7.88. The van der Waals surface area contributed by atoms with Crippen LogP contribution in [0.5, 0.6) is 5.75 Å². The highest BCUT2D eigenvalue weighted by Crippen LogP contribution is 2.51. The van der Waals surface area contributed by atoms with E-state index in [0.29, 0.717) is 11.9 Å². The summed E-state index contributed by atoms with van der Waals surface area (Å²) < 4.78 is 5.57. The van der Waals surface area contributed by atoms with Crippen molar-refractivity contribution in [3.63, 3.8) is 0 Å². The van der Waals surface area contributed by atoms with Gasteiger partial charge in [0.05, 0.1) is 6.17 Å². The van der Waals surface area contributed by atoms with Crippen molar-refractivity contribution in [3.8, 4) is 5.75 Å². The first-order valence-electron chi connectivity index (χ1n) is 9.58. The number of benzene rings is 2. The van der Waals surface area contributed by atoms with E-state index in [1.54, 1.807) is 0 Å². The molecule has 1 fully saturated rings. The molecule has 27 heavy (non-hydrogen) atoms. The van der Waals surface area contributed by atoms with E-state index in [-0.39, 0.29) is 5.41 Å². The molecule has 1 amide bonds. The highest BCUT2D eigenvalue weighted by Gasteiger charge is 2.52. The summed E-state index contributed by atoms with van der Waals surface area (Å²) in [5, 5.41) is 2.80. The lowest BCUT2D eigenvalue weighted by atomic mass is 9.81. The van der Waals surface area contributed by atoms with Crippen LogP contribution in [-0.2, 0) is 11.8 Å². The number of ether oxygens (including phenoxy) is 1. The number of likely N-dealkylation sites (tertiary alicyclic amines) is 1. The molecule has 0 aliphatic carbocycles. The molecule has 0 bridgehead atoms. The van der Waals surface area contributed by atoms with Gasteiger partial charge in [-0.1, -0.05) is 26.0 Å². The maximum atomic E-state index is 12.3. The largest absolute Gasteiger partial charge is 0.417 e. The third kappa shape index (κ3) is 2.96. The summed E-state index contributed by atoms with van der Waals surface area (Å²) in [4.78, 5) is 17.0. The number of amides is 1. The first-order chi connectivity index (χ1) is 12.9. The average molecular weight is 365 g/mol. The van der Waals surface area contributed by atoms with Crippen LogP contribution >= 0.6 is 0 Å². The van der Waals surface area contributed by atoms with Crippen molar-refractivity contribution >= 4 is 17.5 Å². The quantitative estimate of drug-likeness (QED) is 0.884. The van der Waals surface area contributed by atoms with Gasteiger partial charge in [-0.25, -0.2) is 4.79 Å². The van der Waals surface area contributed by atoms with Gasteiger partial charge >= 0.3 is 6.09 Å². The number of fused-ring (bicyclic) bond motifs is 3. The standard InChI is InChI=1S/C22H27N3O2/c1-5-15-6-8-16(9-7-15)23-21(26)27-17-10-11-19-18(14-17)22(2)12-13-24(3)20(22)25(19)4/h6-11,14,20H,5,12-13H2,1-4H3,(H,23,26). The minimum Gasteiger partial charge on any atom is -0.410 e. The number of aryl methyl sites for hydroxylation is 1. The fourth-order valence-electron chi connectivity index (χ4n) is 4.69. The molecule has 2 unspecified atom stereocenters. The van der Waals surface area contributed by atoms with Gasteiger partial charge in [0.15, 0.2) is 0 Å². The van der Waals surface area contributed by atoms with Gasteiger partial charge < -0.3 is 9.64 Å². The Balaban J connectivity index is 1.51. The molecule has 0 saturated carbocycles. The van der Waals surface area contributed by atoms with Crippen LogP contribution in [0.25, 0.3) is 0 Å². The number of carbonyl (C=O) groups is 1. The monoisotopic (exact) mass is 365 g/mol. The molecule has 2 atom stereocenters. The van der Waals surface area contributed by atoms with Crippen LogP contribution in [0.4, 0.5) is 16.2 Å². The van der Waals surface area contributed by atoms with Crippen molar-refractivity contribution in [3.05, 3.63) is 53.6 Å². The summed E-state index contributed by atoms with van der Waals surface area (Å²) in [6.07, 6.45) is 1.97. The SMILES string of the molecule is CCc1ccc(NC(=O)Oc2ccc3c(c2)C2(C)CCN(C)C2N3C)cc1. The summed E-state index contributed by atoms with van der Waals surface area (Å²) in [6.45, 7) is 5.49. The topological polar surface area (TPSA) is 44.8 Å². The lowest BCUT2D eigenvalue weighted by Crippen LogP contribution is -2.45. The number of likely N-dealkylation sites (N-methyl/N-ethyl adjacent to an activating group) is 2. The van der Waals surface area contributed by atoms with Gasteiger partial charge in [-0.3, -0.25) is 10.2 Å². The van der Waals surface area contributed by atoms with Crippen molar-refractivity contribution in [1.82, 2.24) is 4.90 Å². The van der Waals surface area contributed by atoms with E-state index in [1.807, 2.05) is 36.4 Å². The van der Waals surface area contributed by atoms with E-state index in [1.165, 1.54) is 16.8 Å². The molecule has 2 aromatic rings. The first kappa shape index (κ1) is 17.9. The molecule has 5 nitrogen and oxygen atoms in total. The fourth-order valence-corrected chi connectivity index (χ4v) is 4.69. The zero-order valence-corrected chi connectivity index (χ0v) is 16.5. The van der Waals surface area contributed by atoms with Crippen LogP contribution in [0, 0.1) is 0 Å². The van der Waals surface area contributed by atoms with Gasteiger partial charge in [-0.05, 0) is 61.3 Å². The second-order valence-corrected chi connectivity index (χ2v) is 7.88. The summed E-state index contributed by atoms with van der Waals surface area (Å²) in [6, 6.07) is 13.8. The molecule has 2 aromatic carbocycles. The maximum absolute atomic E-state index is 12.3. The third-order valence-electron chi connectivity index (χ3n) is 6.12. The number of nitrogens with zero attached hydrogens (tertiary/aromatic N) is 2. The van der Waals surface area contributed by atoms with E-state index in [9.17, 15) is 4.79 Å². The van der Waals surface area contributed by atoms with Gasteiger partial charge in [0.1, 0.15) is 5.75 Å². The first-order valence-corrected chi connectivity index (χ1v) is 9.58. The van der Waals surface area contributed by atoms with Gasteiger partial charge in [0.2, 0.25) is 0 Å². The van der Waals surface area contributed by atoms with E-state index in [4.69, 9.17) is 4.74 Å². The van der Waals surface area contributed by atoms with Crippen LogP contribution in [0.1, 0.15) is 31.4 Å². The fraction of sp³-hybridized carbons (Fsp3) is 0.409. The minimum atomic E-state index is -0.462. The maximum Gasteiger partial charge on any atom is 0.417 e. The molecule has 1 saturated heterocycles. The molecule has 142 valence electrons. The van der Waals surface area contributed by atoms with Crippen molar-refractivity contribution in [2.24, 2.45) is 0 Å². The normalized spacial score (nSPS) is 23.9. The molecule has 5 heteroatoms. The van der Waals surface area contributed by atoms with E-state index < -0.39 is 6.09 Å². The molecule has 0 aromatic heterocycles. The molecule has 1 N–H and O–H groups in total. The summed E-state index contributed by atoms with van der Waals surface area (Å²) >= 11 is 0. The third-order valence-corrected chi connectivity index (χ3v) is 6.12. The average Bonchev–Trinajstić information content (AvgIpc) is 3.08. The van der Waals surface area contributed by atoms with Crippen LogP contribution in [0.3, 0.4) is 0 Å². The van der Waals surface area contributed by atoms with E-state index in [0.717, 1.165) is 25.1 Å². The summed E-state index contributed by atoms with van der Waals surface area (Å²) in [5.74, 6) is 0.584. The van der Waals surface area contributed by atoms with Gasteiger partial charge in [0, 0.05) is 30.4 Å². The van der Waals surface area contributed by atoms with Crippen molar-refractivity contribution in [1.29, 1.82) is 0 Å². The number of carbonyl (C=O) groups excluding carboxylic acids is 1. The van der Waals surface area contributed by atoms with Crippen LogP contribution < -0.4 is 15.0 Å². The van der Waals surface area contributed by atoms with Crippen LogP contribution in [0.2, 0.25) is 0 Å². The lowest BCUT2D eigenvalue weighted by Gasteiger charge is -2.32. The molecule has 4 rings (SSSR count). The highest BCUT2D eigenvalue weighted by molar-refractivity contribution is 5.86. The number of rotatable bonds is 3. The Morgan fingerprint density at radius 1 is 1.22 bits per heavy atom. The summed E-state index contributed by atoms with van der Waals surface area (Å²) in [5.41, 5.74) is 4.52. The smallest absolute Gasteiger partial charge is 0.410 e. The predicted molar refractivity (Wildman–Crippen MR) is 109 cm³/mol. The van der Waals surface area contributed by atoms with E-state index >= 15 is 0 Å². The zero-order chi connectivity index (χ0) is 19.2. The Kier molecular flexibility index (Phi) is 4.35. The Morgan fingerprint density at radius 2 is 1.96 bits per heavy atom. The Hall–Kier alpha value is -2.53. The molecule has 2 aliphatic heterocycles. The number of nitrogens with one attached hydrogen (secondary N) is 1. The van der Waals surface area contributed by atoms with Crippen molar-refractivity contribution in [2.45, 2.75) is 38.3 Å². The van der Waals surface area contributed by atoms with Crippen LogP contribution in [0.15, 0.2) is 42.5 Å². The van der Waals surface area contributed by atoms with Gasteiger partial charge in [-0.15, -0.1) is 0 Å². The van der Waals surface area contributed by atoms with Crippen molar-refractivity contribution in [2.75, 3.05) is 30.9 Å². The zero-order valence-electron chi connectivity index (χ0n) is 16.5. The van der Waals surface area contributed by atoms with Crippen LogP contribution in [-0.4, -0.2) is 37.8 Å². The number of hydrogen-bond acceptors (Lipinski definition) is 4. The molecule has 0 spiro atoms. The Bertz CT molecular complexity index is 864. The van der Waals surface area contributed by atoms with Gasteiger partial charge in [0.25, 0.3) is 0 Å². The molecule has 0 radical (unpaired) electrons. The molecular formula is C22H27N3O2.